The van der Waals surface area contributed by atoms with Crippen molar-refractivity contribution in [3.63, 3.8) is 0 Å². The number of hydrogen-bond acceptors (Lipinski definition) is 4. The smallest absolute Gasteiger partial charge is 0.130 e. The van der Waals surface area contributed by atoms with Gasteiger partial charge in [-0.1, -0.05) is 12.2 Å². The van der Waals surface area contributed by atoms with E-state index in [-0.39, 0.29) is 5.78 Å². The summed E-state index contributed by atoms with van der Waals surface area (Å²) >= 11 is 1.91. The molecule has 0 aliphatic carbocycles. The van der Waals surface area contributed by atoms with Crippen LogP contribution in [0.4, 0.5) is 0 Å². The van der Waals surface area contributed by atoms with Gasteiger partial charge in [-0.2, -0.15) is 0 Å². The molecule has 0 aromatic rings. The van der Waals surface area contributed by atoms with Crippen LogP contribution in [0.15, 0.2) is 24.0 Å². The van der Waals surface area contributed by atoms with E-state index in [0.29, 0.717) is 17.6 Å². The Labute approximate surface area is 101 Å². The van der Waals surface area contributed by atoms with Gasteiger partial charge in [-0.15, -0.1) is 11.8 Å². The van der Waals surface area contributed by atoms with Crippen LogP contribution in [0.3, 0.4) is 0 Å². The highest BCUT2D eigenvalue weighted by molar-refractivity contribution is 8.00. The van der Waals surface area contributed by atoms with Crippen LogP contribution in [0.25, 0.3) is 0 Å². The van der Waals surface area contributed by atoms with Crippen molar-refractivity contribution < 1.29 is 4.79 Å². The van der Waals surface area contributed by atoms with E-state index in [0.717, 1.165) is 18.8 Å². The molecular formula is C12H18N2OS. The Balaban J connectivity index is 1.91. The summed E-state index contributed by atoms with van der Waals surface area (Å²) in [5.74, 6) is 1.75. The zero-order valence-electron chi connectivity index (χ0n) is 9.53. The second kappa shape index (κ2) is 5.43. The van der Waals surface area contributed by atoms with E-state index in [2.05, 4.69) is 29.0 Å². The molecule has 16 heavy (non-hydrogen) atoms. The first-order valence-corrected chi connectivity index (χ1v) is 6.77. The number of rotatable bonds is 3. The molecule has 2 aliphatic rings. The monoisotopic (exact) mass is 238 g/mol. The summed E-state index contributed by atoms with van der Waals surface area (Å²) in [4.78, 5) is 11.0. The predicted octanol–water partition coefficient (Wildman–Crippen LogP) is 1.29. The van der Waals surface area contributed by atoms with Gasteiger partial charge in [0, 0.05) is 37.2 Å². The Kier molecular flexibility index (Phi) is 3.93. The number of thioether (sulfide) groups is 1. The van der Waals surface area contributed by atoms with Gasteiger partial charge < -0.3 is 15.4 Å². The third-order valence-corrected chi connectivity index (χ3v) is 4.15. The largest absolute Gasteiger partial charge is 0.388 e. The molecule has 2 unspecified atom stereocenters. The minimum absolute atomic E-state index is 0.283. The molecule has 0 aromatic heterocycles. The number of nitrogens with one attached hydrogen (secondary N) is 2. The lowest BCUT2D eigenvalue weighted by Gasteiger charge is -2.27. The Hall–Kier alpha value is -0.900. The van der Waals surface area contributed by atoms with Gasteiger partial charge in [0.05, 0.1) is 5.25 Å². The number of ketones is 1. The molecule has 0 bridgehead atoms. The molecule has 2 atom stereocenters. The summed E-state index contributed by atoms with van der Waals surface area (Å²) in [6.07, 6.45) is 7.16. The molecule has 0 spiro atoms. The second-order valence-electron chi connectivity index (χ2n) is 4.29. The Morgan fingerprint density at radius 2 is 2.38 bits per heavy atom. The van der Waals surface area contributed by atoms with Crippen LogP contribution in [-0.4, -0.2) is 29.9 Å². The molecule has 4 heteroatoms. The van der Waals surface area contributed by atoms with Crippen molar-refractivity contribution in [2.45, 2.75) is 18.6 Å². The lowest BCUT2D eigenvalue weighted by Crippen LogP contribution is -2.35. The van der Waals surface area contributed by atoms with Gasteiger partial charge in [0.25, 0.3) is 0 Å². The van der Waals surface area contributed by atoms with Crippen LogP contribution in [0.1, 0.15) is 13.3 Å². The van der Waals surface area contributed by atoms with E-state index in [9.17, 15) is 4.79 Å². The fourth-order valence-electron chi connectivity index (χ4n) is 1.98. The van der Waals surface area contributed by atoms with Gasteiger partial charge >= 0.3 is 0 Å². The van der Waals surface area contributed by atoms with Gasteiger partial charge in [0.1, 0.15) is 5.78 Å². The van der Waals surface area contributed by atoms with E-state index in [1.807, 2.05) is 11.8 Å². The second-order valence-corrected chi connectivity index (χ2v) is 5.46. The average Bonchev–Trinajstić information content (AvgIpc) is 2.30. The highest BCUT2D eigenvalue weighted by atomic mass is 32.2. The lowest BCUT2D eigenvalue weighted by atomic mass is 10.0. The number of Topliss-reactive ketones (excluding diaryl/α,β-unsaturated/α-hetero) is 1. The molecular weight excluding hydrogens is 220 g/mol. The van der Waals surface area contributed by atoms with Gasteiger partial charge in [0.2, 0.25) is 0 Å². The molecule has 0 radical (unpaired) electrons. The van der Waals surface area contributed by atoms with Crippen LogP contribution < -0.4 is 10.6 Å². The maximum Gasteiger partial charge on any atom is 0.130 e. The minimum Gasteiger partial charge on any atom is -0.388 e. The maximum absolute atomic E-state index is 11.0. The molecule has 3 nitrogen and oxygen atoms in total. The molecule has 2 heterocycles. The van der Waals surface area contributed by atoms with E-state index < -0.39 is 0 Å². The zero-order chi connectivity index (χ0) is 11.4. The highest BCUT2D eigenvalue weighted by Crippen LogP contribution is 2.29. The van der Waals surface area contributed by atoms with E-state index in [1.54, 1.807) is 6.92 Å². The van der Waals surface area contributed by atoms with Crippen LogP contribution in [0.5, 0.6) is 0 Å². The average molecular weight is 238 g/mol. The Morgan fingerprint density at radius 1 is 1.50 bits per heavy atom. The molecule has 0 aromatic carbocycles. The highest BCUT2D eigenvalue weighted by Gasteiger charge is 2.20. The van der Waals surface area contributed by atoms with Crippen molar-refractivity contribution in [2.24, 2.45) is 5.92 Å². The van der Waals surface area contributed by atoms with Crippen molar-refractivity contribution in [1.29, 1.82) is 0 Å². The van der Waals surface area contributed by atoms with E-state index in [4.69, 9.17) is 0 Å². The van der Waals surface area contributed by atoms with Crippen molar-refractivity contribution >= 4 is 17.5 Å². The summed E-state index contributed by atoms with van der Waals surface area (Å²) in [5.41, 5.74) is 1.26. The van der Waals surface area contributed by atoms with Crippen molar-refractivity contribution in [3.05, 3.63) is 24.0 Å². The third kappa shape index (κ3) is 3.04. The SMILES string of the molecule is CC(=O)CC1C=CC(C2=CNCCN2)SC1. The Bertz CT molecular complexity index is 325. The summed E-state index contributed by atoms with van der Waals surface area (Å²) < 4.78 is 0. The maximum atomic E-state index is 11.0. The summed E-state index contributed by atoms with van der Waals surface area (Å²) in [6, 6.07) is 0. The molecule has 0 fully saturated rings. The van der Waals surface area contributed by atoms with E-state index >= 15 is 0 Å². The van der Waals surface area contributed by atoms with Crippen LogP contribution >= 0.6 is 11.8 Å². The quantitative estimate of drug-likeness (QED) is 0.727. The molecule has 2 N–H and O–H groups in total. The topological polar surface area (TPSA) is 41.1 Å². The number of carbonyl (C=O) groups excluding carboxylic acids is 1. The fraction of sp³-hybridized carbons (Fsp3) is 0.583. The molecule has 2 rings (SSSR count). The standard InChI is InChI=1S/C12H18N2OS/c1-9(15)6-10-2-3-12(16-8-10)11-7-13-4-5-14-11/h2-3,7,10,12-14H,4-6,8H2,1H3. The number of allylic oxidation sites excluding steroid dienone is 1. The van der Waals surface area contributed by atoms with Crippen molar-refractivity contribution in [3.8, 4) is 0 Å². The first-order valence-electron chi connectivity index (χ1n) is 5.72. The van der Waals surface area contributed by atoms with Gasteiger partial charge in [0.15, 0.2) is 0 Å². The molecule has 0 saturated heterocycles. The molecule has 0 amide bonds. The zero-order valence-corrected chi connectivity index (χ0v) is 10.3. The summed E-state index contributed by atoms with van der Waals surface area (Å²) in [5, 5.41) is 7.08. The van der Waals surface area contributed by atoms with Crippen molar-refractivity contribution in [2.75, 3.05) is 18.8 Å². The van der Waals surface area contributed by atoms with Gasteiger partial charge in [-0.05, 0) is 12.8 Å². The van der Waals surface area contributed by atoms with Crippen molar-refractivity contribution in [1.82, 2.24) is 10.6 Å². The van der Waals surface area contributed by atoms with Gasteiger partial charge in [-0.25, -0.2) is 0 Å². The normalized spacial score (nSPS) is 28.9. The first-order chi connectivity index (χ1) is 7.75. The lowest BCUT2D eigenvalue weighted by molar-refractivity contribution is -0.117. The van der Waals surface area contributed by atoms with Crippen LogP contribution in [0.2, 0.25) is 0 Å². The van der Waals surface area contributed by atoms with E-state index in [1.165, 1.54) is 5.70 Å². The minimum atomic E-state index is 0.283. The first kappa shape index (κ1) is 11.6. The number of hydrogen-bond donors (Lipinski definition) is 2. The van der Waals surface area contributed by atoms with Crippen LogP contribution in [0, 0.1) is 5.92 Å². The predicted molar refractivity (Wildman–Crippen MR) is 68.3 cm³/mol. The van der Waals surface area contributed by atoms with Crippen LogP contribution in [-0.2, 0) is 4.79 Å². The van der Waals surface area contributed by atoms with Gasteiger partial charge in [-0.3, -0.25) is 0 Å². The number of carbonyl (C=O) groups is 1. The Morgan fingerprint density at radius 3 is 2.94 bits per heavy atom. The fourth-order valence-corrected chi connectivity index (χ4v) is 3.20. The molecule has 0 saturated carbocycles. The molecule has 2 aliphatic heterocycles. The third-order valence-electron chi connectivity index (χ3n) is 2.76. The summed E-state index contributed by atoms with van der Waals surface area (Å²) in [6.45, 7) is 3.66. The summed E-state index contributed by atoms with van der Waals surface area (Å²) in [7, 11) is 0. The molecule has 88 valence electrons.